The quantitative estimate of drug-likeness (QED) is 0.282. The van der Waals surface area contributed by atoms with E-state index in [0.717, 1.165) is 30.5 Å². The number of esters is 1. The number of benzene rings is 2. The largest absolute Gasteiger partial charge is 0.464 e. The normalized spacial score (nSPS) is 14.6. The highest BCUT2D eigenvalue weighted by atomic mass is 16.5. The van der Waals surface area contributed by atoms with Crippen LogP contribution in [0.15, 0.2) is 66.9 Å². The predicted molar refractivity (Wildman–Crippen MR) is 152 cm³/mol. The molecule has 0 bridgehead atoms. The first-order valence-electron chi connectivity index (χ1n) is 13.3. The van der Waals surface area contributed by atoms with Crippen LogP contribution in [0.2, 0.25) is 0 Å². The van der Waals surface area contributed by atoms with E-state index in [4.69, 9.17) is 14.5 Å². The highest BCUT2D eigenvalue weighted by Gasteiger charge is 2.27. The van der Waals surface area contributed by atoms with Gasteiger partial charge in [-0.25, -0.2) is 9.78 Å². The van der Waals surface area contributed by atoms with Crippen LogP contribution in [-0.4, -0.2) is 48.3 Å². The SMILES string of the molecule is COCCn1c(C(=O)OC)c(NC(=O)CCc2ccccc2)c2cc(NC3CCc4ccccc4C3)cnc21. The summed E-state index contributed by atoms with van der Waals surface area (Å²) in [5, 5.41) is 7.32. The second kappa shape index (κ2) is 12.1. The molecule has 2 heterocycles. The number of amides is 1. The van der Waals surface area contributed by atoms with Gasteiger partial charge in [-0.3, -0.25) is 4.79 Å². The number of nitrogens with zero attached hydrogens (tertiary/aromatic N) is 2. The number of nitrogens with one attached hydrogen (secondary N) is 2. The first kappa shape index (κ1) is 26.4. The number of pyridine rings is 1. The number of rotatable bonds is 10. The van der Waals surface area contributed by atoms with Gasteiger partial charge >= 0.3 is 5.97 Å². The number of anilines is 2. The van der Waals surface area contributed by atoms with Crippen molar-refractivity contribution < 1.29 is 19.1 Å². The van der Waals surface area contributed by atoms with Crippen molar-refractivity contribution in [2.45, 2.75) is 44.7 Å². The van der Waals surface area contributed by atoms with Gasteiger partial charge < -0.3 is 24.7 Å². The molecule has 0 saturated carbocycles. The van der Waals surface area contributed by atoms with Crippen molar-refractivity contribution >= 4 is 34.3 Å². The molecule has 2 N–H and O–H groups in total. The summed E-state index contributed by atoms with van der Waals surface area (Å²) < 4.78 is 12.2. The van der Waals surface area contributed by atoms with Gasteiger partial charge in [-0.05, 0) is 48.4 Å². The van der Waals surface area contributed by atoms with E-state index in [-0.39, 0.29) is 24.1 Å². The van der Waals surface area contributed by atoms with E-state index in [9.17, 15) is 9.59 Å². The lowest BCUT2D eigenvalue weighted by Crippen LogP contribution is -2.27. The van der Waals surface area contributed by atoms with Gasteiger partial charge in [0.15, 0.2) is 5.69 Å². The molecule has 1 amide bonds. The van der Waals surface area contributed by atoms with Crippen molar-refractivity contribution in [2.24, 2.45) is 0 Å². The molecule has 39 heavy (non-hydrogen) atoms. The minimum atomic E-state index is -0.541. The third-order valence-electron chi connectivity index (χ3n) is 7.26. The summed E-state index contributed by atoms with van der Waals surface area (Å²) in [6.07, 6.45) is 5.62. The molecule has 1 aliphatic rings. The minimum absolute atomic E-state index is 0.183. The van der Waals surface area contributed by atoms with Gasteiger partial charge in [0.25, 0.3) is 0 Å². The van der Waals surface area contributed by atoms with Crippen LogP contribution >= 0.6 is 0 Å². The topological polar surface area (TPSA) is 94.5 Å². The molecule has 4 aromatic rings. The lowest BCUT2D eigenvalue weighted by Gasteiger charge is -2.26. The van der Waals surface area contributed by atoms with Gasteiger partial charge in [-0.15, -0.1) is 0 Å². The summed E-state index contributed by atoms with van der Waals surface area (Å²) in [7, 11) is 2.94. The monoisotopic (exact) mass is 526 g/mol. The van der Waals surface area contributed by atoms with Crippen molar-refractivity contribution in [1.29, 1.82) is 0 Å². The Labute approximate surface area is 228 Å². The van der Waals surface area contributed by atoms with Crippen LogP contribution in [0.5, 0.6) is 0 Å². The van der Waals surface area contributed by atoms with Crippen LogP contribution in [0, 0.1) is 0 Å². The predicted octanol–water partition coefficient (Wildman–Crippen LogP) is 5.01. The summed E-state index contributed by atoms with van der Waals surface area (Å²) in [6.45, 7) is 0.759. The molecule has 1 unspecified atom stereocenters. The summed E-state index contributed by atoms with van der Waals surface area (Å²) >= 11 is 0. The van der Waals surface area contributed by atoms with E-state index >= 15 is 0 Å². The van der Waals surface area contributed by atoms with Crippen LogP contribution in [0.4, 0.5) is 11.4 Å². The number of carbonyl (C=O) groups is 2. The second-order valence-electron chi connectivity index (χ2n) is 9.84. The number of methoxy groups -OCH3 is 2. The Bertz CT molecular complexity index is 1460. The molecule has 2 aromatic heterocycles. The second-order valence-corrected chi connectivity index (χ2v) is 9.84. The van der Waals surface area contributed by atoms with Crippen molar-refractivity contribution in [2.75, 3.05) is 31.5 Å². The average molecular weight is 527 g/mol. The van der Waals surface area contributed by atoms with Gasteiger partial charge in [-0.1, -0.05) is 54.6 Å². The fraction of sp³-hybridized carbons (Fsp3) is 0.323. The maximum absolute atomic E-state index is 13.1. The minimum Gasteiger partial charge on any atom is -0.464 e. The van der Waals surface area contributed by atoms with Crippen LogP contribution in [-0.2, 0) is 40.1 Å². The molecule has 1 aliphatic carbocycles. The lowest BCUT2D eigenvalue weighted by atomic mass is 9.88. The van der Waals surface area contributed by atoms with Gasteiger partial charge in [-0.2, -0.15) is 0 Å². The van der Waals surface area contributed by atoms with E-state index in [0.29, 0.717) is 36.3 Å². The van der Waals surface area contributed by atoms with E-state index in [1.54, 1.807) is 17.9 Å². The molecule has 0 radical (unpaired) electrons. The smallest absolute Gasteiger partial charge is 0.356 e. The zero-order valence-corrected chi connectivity index (χ0v) is 22.4. The van der Waals surface area contributed by atoms with E-state index < -0.39 is 5.97 Å². The number of aromatic nitrogens is 2. The van der Waals surface area contributed by atoms with Crippen molar-refractivity contribution in [3.8, 4) is 0 Å². The zero-order valence-electron chi connectivity index (χ0n) is 22.4. The fourth-order valence-corrected chi connectivity index (χ4v) is 5.30. The number of ether oxygens (including phenoxy) is 2. The Morgan fingerprint density at radius 3 is 2.59 bits per heavy atom. The average Bonchev–Trinajstić information content (AvgIpc) is 3.27. The molecule has 202 valence electrons. The van der Waals surface area contributed by atoms with Gasteiger partial charge in [0.05, 0.1) is 31.3 Å². The standard InChI is InChI=1S/C31H34N4O4/c1-38-17-16-35-29(31(37)39-2)28(34-27(36)15-12-21-8-4-3-5-9-21)26-19-25(20-32-30(26)35)33-24-14-13-22-10-6-7-11-23(22)18-24/h3-11,19-20,24,33H,12-18H2,1-2H3,(H,34,36). The first-order valence-corrected chi connectivity index (χ1v) is 13.3. The molecule has 0 fully saturated rings. The van der Waals surface area contributed by atoms with Crippen molar-refractivity contribution in [1.82, 2.24) is 9.55 Å². The maximum Gasteiger partial charge on any atom is 0.356 e. The van der Waals surface area contributed by atoms with E-state index in [2.05, 4.69) is 34.9 Å². The van der Waals surface area contributed by atoms with Crippen molar-refractivity contribution in [3.63, 3.8) is 0 Å². The Morgan fingerprint density at radius 2 is 1.82 bits per heavy atom. The molecule has 2 aromatic carbocycles. The highest BCUT2D eigenvalue weighted by Crippen LogP contribution is 2.33. The summed E-state index contributed by atoms with van der Waals surface area (Å²) in [4.78, 5) is 30.8. The highest BCUT2D eigenvalue weighted by molar-refractivity contribution is 6.11. The summed E-state index contributed by atoms with van der Waals surface area (Å²) in [5.41, 5.74) is 5.94. The Hall–Kier alpha value is -4.17. The van der Waals surface area contributed by atoms with Crippen LogP contribution in [0.1, 0.15) is 40.0 Å². The number of hydrogen-bond donors (Lipinski definition) is 2. The molecule has 8 nitrogen and oxygen atoms in total. The zero-order chi connectivity index (χ0) is 27.2. The maximum atomic E-state index is 13.1. The fourth-order valence-electron chi connectivity index (χ4n) is 5.30. The van der Waals surface area contributed by atoms with Crippen molar-refractivity contribution in [3.05, 3.63) is 89.2 Å². The summed E-state index contributed by atoms with van der Waals surface area (Å²) in [6, 6.07) is 20.6. The molecule has 8 heteroatoms. The van der Waals surface area contributed by atoms with E-state index in [1.165, 1.54) is 18.2 Å². The molecule has 0 spiro atoms. The lowest BCUT2D eigenvalue weighted by molar-refractivity contribution is -0.116. The number of fused-ring (bicyclic) bond motifs is 2. The molecule has 1 atom stereocenters. The Morgan fingerprint density at radius 1 is 1.05 bits per heavy atom. The molecule has 0 aliphatic heterocycles. The van der Waals surface area contributed by atoms with Gasteiger partial charge in [0, 0.05) is 31.5 Å². The van der Waals surface area contributed by atoms with E-state index in [1.807, 2.05) is 36.4 Å². The molecular formula is C31H34N4O4. The van der Waals surface area contributed by atoms with Crippen LogP contribution < -0.4 is 10.6 Å². The molecule has 5 rings (SSSR count). The Kier molecular flexibility index (Phi) is 8.22. The summed E-state index contributed by atoms with van der Waals surface area (Å²) in [5.74, 6) is -0.724. The van der Waals surface area contributed by atoms with Crippen LogP contribution in [0.25, 0.3) is 11.0 Å². The number of carbonyl (C=O) groups excluding carboxylic acids is 2. The number of hydrogen-bond acceptors (Lipinski definition) is 6. The first-order chi connectivity index (χ1) is 19.1. The molecule has 0 saturated heterocycles. The third-order valence-corrected chi connectivity index (χ3v) is 7.26. The Balaban J connectivity index is 1.46. The van der Waals surface area contributed by atoms with Gasteiger partial charge in [0.1, 0.15) is 5.65 Å². The van der Waals surface area contributed by atoms with Gasteiger partial charge in [0.2, 0.25) is 5.91 Å². The van der Waals surface area contributed by atoms with Crippen LogP contribution in [0.3, 0.4) is 0 Å². The number of aryl methyl sites for hydroxylation is 2. The third kappa shape index (κ3) is 5.96. The molecular weight excluding hydrogens is 492 g/mol.